The fourth-order valence-electron chi connectivity index (χ4n) is 4.67. The standard InChI is InChI=1S/C23H26FN3O2/c1-29-17-9-6-15-12-18(23(28)25-16-7-8-16)22-14-26(10-11-27(22)21(15)13-17)20-5-3-2-4-19(20)24/h2-6,9,13,16,18,22H,7-8,10-12,14H2,1H3,(H,25,28)/t18-,22-/m0/s1. The molecule has 6 heteroatoms. The van der Waals surface area contributed by atoms with Crippen molar-refractivity contribution >= 4 is 17.3 Å². The van der Waals surface area contributed by atoms with Crippen LogP contribution in [0.25, 0.3) is 0 Å². The quantitative estimate of drug-likeness (QED) is 0.865. The number of piperazine rings is 1. The number of halogens is 1. The molecule has 1 amide bonds. The molecule has 0 spiro atoms. The summed E-state index contributed by atoms with van der Waals surface area (Å²) in [6, 6.07) is 13.3. The predicted molar refractivity (Wildman–Crippen MR) is 111 cm³/mol. The summed E-state index contributed by atoms with van der Waals surface area (Å²) in [5, 5.41) is 3.19. The number of fused-ring (bicyclic) bond motifs is 3. The first-order chi connectivity index (χ1) is 14.1. The Morgan fingerprint density at radius 1 is 1.14 bits per heavy atom. The molecule has 0 aromatic heterocycles. The lowest BCUT2D eigenvalue weighted by Crippen LogP contribution is -2.61. The molecule has 2 aliphatic heterocycles. The first-order valence-electron chi connectivity index (χ1n) is 10.4. The van der Waals surface area contributed by atoms with E-state index in [4.69, 9.17) is 4.74 Å². The van der Waals surface area contributed by atoms with Gasteiger partial charge >= 0.3 is 0 Å². The van der Waals surface area contributed by atoms with Crippen molar-refractivity contribution in [3.8, 4) is 5.75 Å². The highest BCUT2D eigenvalue weighted by Gasteiger charge is 2.43. The van der Waals surface area contributed by atoms with Crippen molar-refractivity contribution < 1.29 is 13.9 Å². The molecule has 0 unspecified atom stereocenters. The fourth-order valence-corrected chi connectivity index (χ4v) is 4.67. The first-order valence-corrected chi connectivity index (χ1v) is 10.4. The van der Waals surface area contributed by atoms with Crippen molar-refractivity contribution in [2.24, 2.45) is 5.92 Å². The Labute approximate surface area is 170 Å². The van der Waals surface area contributed by atoms with E-state index >= 15 is 0 Å². The van der Waals surface area contributed by atoms with Gasteiger partial charge in [0.25, 0.3) is 0 Å². The second-order valence-corrected chi connectivity index (χ2v) is 8.25. The number of amides is 1. The Kier molecular flexibility index (Phi) is 4.57. The van der Waals surface area contributed by atoms with Gasteiger partial charge in [0.05, 0.1) is 24.8 Å². The van der Waals surface area contributed by atoms with E-state index in [2.05, 4.69) is 27.2 Å². The maximum atomic E-state index is 14.4. The molecule has 1 saturated carbocycles. The highest BCUT2D eigenvalue weighted by atomic mass is 19.1. The van der Waals surface area contributed by atoms with E-state index in [1.54, 1.807) is 13.2 Å². The minimum Gasteiger partial charge on any atom is -0.497 e. The van der Waals surface area contributed by atoms with Crippen LogP contribution in [0.2, 0.25) is 0 Å². The summed E-state index contributed by atoms with van der Waals surface area (Å²) in [5.41, 5.74) is 2.93. The van der Waals surface area contributed by atoms with Crippen LogP contribution >= 0.6 is 0 Å². The number of rotatable bonds is 4. The number of nitrogens with one attached hydrogen (secondary N) is 1. The van der Waals surface area contributed by atoms with Crippen molar-refractivity contribution in [2.75, 3.05) is 36.5 Å². The molecule has 0 radical (unpaired) electrons. The van der Waals surface area contributed by atoms with Gasteiger partial charge in [0.15, 0.2) is 0 Å². The van der Waals surface area contributed by atoms with Gasteiger partial charge in [0, 0.05) is 37.4 Å². The summed E-state index contributed by atoms with van der Waals surface area (Å²) in [7, 11) is 1.67. The number of benzene rings is 2. The van der Waals surface area contributed by atoms with E-state index in [0.29, 0.717) is 31.2 Å². The molecular weight excluding hydrogens is 369 g/mol. The van der Waals surface area contributed by atoms with Gasteiger partial charge in [-0.05, 0) is 43.0 Å². The zero-order valence-electron chi connectivity index (χ0n) is 16.6. The Hall–Kier alpha value is -2.76. The molecule has 152 valence electrons. The molecular formula is C23H26FN3O2. The number of hydrogen-bond acceptors (Lipinski definition) is 4. The van der Waals surface area contributed by atoms with Crippen molar-refractivity contribution in [3.05, 3.63) is 53.8 Å². The van der Waals surface area contributed by atoms with Crippen LogP contribution in [0.5, 0.6) is 5.75 Å². The summed E-state index contributed by atoms with van der Waals surface area (Å²) in [6.07, 6.45) is 2.84. The molecule has 1 aliphatic carbocycles. The molecule has 5 rings (SSSR count). The van der Waals surface area contributed by atoms with Gasteiger partial charge in [-0.25, -0.2) is 4.39 Å². The molecule has 1 N–H and O–H groups in total. The van der Waals surface area contributed by atoms with Gasteiger partial charge < -0.3 is 19.9 Å². The third-order valence-electron chi connectivity index (χ3n) is 6.38. The number of anilines is 2. The normalized spacial score (nSPS) is 23.2. The van der Waals surface area contributed by atoms with Crippen molar-refractivity contribution in [1.82, 2.24) is 5.32 Å². The molecule has 29 heavy (non-hydrogen) atoms. The zero-order chi connectivity index (χ0) is 20.0. The maximum Gasteiger partial charge on any atom is 0.225 e. The third kappa shape index (κ3) is 3.41. The average Bonchev–Trinajstić information content (AvgIpc) is 3.56. The van der Waals surface area contributed by atoms with Gasteiger partial charge in [-0.2, -0.15) is 0 Å². The molecule has 0 bridgehead atoms. The lowest BCUT2D eigenvalue weighted by molar-refractivity contribution is -0.126. The molecule has 2 aromatic carbocycles. The number of carbonyl (C=O) groups excluding carboxylic acids is 1. The van der Waals surface area contributed by atoms with E-state index in [0.717, 1.165) is 30.8 Å². The SMILES string of the molecule is COc1ccc2c(c1)N1CCN(c3ccccc3F)C[C@H]1[C@@H](C(=O)NC1CC1)C2. The number of para-hydroxylation sites is 1. The van der Waals surface area contributed by atoms with Crippen LogP contribution < -0.4 is 19.9 Å². The molecule has 2 aromatic rings. The van der Waals surface area contributed by atoms with E-state index in [-0.39, 0.29) is 23.7 Å². The topological polar surface area (TPSA) is 44.8 Å². The van der Waals surface area contributed by atoms with Crippen LogP contribution in [0.1, 0.15) is 18.4 Å². The van der Waals surface area contributed by atoms with Crippen LogP contribution in [0.15, 0.2) is 42.5 Å². The molecule has 3 aliphatic rings. The Bertz CT molecular complexity index is 930. The van der Waals surface area contributed by atoms with Crippen LogP contribution in [-0.4, -0.2) is 44.7 Å². The maximum absolute atomic E-state index is 14.4. The fraction of sp³-hybridized carbons (Fsp3) is 0.435. The molecule has 2 heterocycles. The second kappa shape index (κ2) is 7.25. The largest absolute Gasteiger partial charge is 0.497 e. The second-order valence-electron chi connectivity index (χ2n) is 8.25. The van der Waals surface area contributed by atoms with Crippen molar-refractivity contribution in [2.45, 2.75) is 31.3 Å². The summed E-state index contributed by atoms with van der Waals surface area (Å²) in [5.74, 6) is 0.586. The molecule has 2 atom stereocenters. The monoisotopic (exact) mass is 395 g/mol. The van der Waals surface area contributed by atoms with Crippen molar-refractivity contribution in [1.29, 1.82) is 0 Å². The number of nitrogens with zero attached hydrogens (tertiary/aromatic N) is 2. The number of carbonyl (C=O) groups is 1. The van der Waals surface area contributed by atoms with E-state index < -0.39 is 0 Å². The Morgan fingerprint density at radius 3 is 2.72 bits per heavy atom. The minimum absolute atomic E-state index is 0.00159. The zero-order valence-corrected chi connectivity index (χ0v) is 16.6. The van der Waals surface area contributed by atoms with Crippen molar-refractivity contribution in [3.63, 3.8) is 0 Å². The Balaban J connectivity index is 1.48. The van der Waals surface area contributed by atoms with Crippen LogP contribution in [0, 0.1) is 11.7 Å². The highest BCUT2D eigenvalue weighted by molar-refractivity contribution is 5.83. The summed E-state index contributed by atoms with van der Waals surface area (Å²) in [6.45, 7) is 2.08. The summed E-state index contributed by atoms with van der Waals surface area (Å²) < 4.78 is 19.9. The van der Waals surface area contributed by atoms with E-state index in [9.17, 15) is 9.18 Å². The number of methoxy groups -OCH3 is 1. The van der Waals surface area contributed by atoms with Gasteiger partial charge in [-0.15, -0.1) is 0 Å². The van der Waals surface area contributed by atoms with Crippen LogP contribution in [0.3, 0.4) is 0 Å². The highest BCUT2D eigenvalue weighted by Crippen LogP contribution is 2.39. The van der Waals surface area contributed by atoms with E-state index in [1.807, 2.05) is 18.2 Å². The van der Waals surface area contributed by atoms with Gasteiger partial charge in [0.2, 0.25) is 5.91 Å². The Morgan fingerprint density at radius 2 is 1.97 bits per heavy atom. The van der Waals surface area contributed by atoms with Crippen LogP contribution in [-0.2, 0) is 11.2 Å². The average molecular weight is 395 g/mol. The third-order valence-corrected chi connectivity index (χ3v) is 6.38. The van der Waals surface area contributed by atoms with E-state index in [1.165, 1.54) is 11.6 Å². The summed E-state index contributed by atoms with van der Waals surface area (Å²) >= 11 is 0. The summed E-state index contributed by atoms with van der Waals surface area (Å²) in [4.78, 5) is 17.5. The van der Waals surface area contributed by atoms with Gasteiger partial charge in [-0.1, -0.05) is 18.2 Å². The lowest BCUT2D eigenvalue weighted by Gasteiger charge is -2.49. The predicted octanol–water partition coefficient (Wildman–Crippen LogP) is 2.98. The molecule has 5 nitrogen and oxygen atoms in total. The first kappa shape index (κ1) is 18.3. The van der Waals surface area contributed by atoms with Gasteiger partial charge in [0.1, 0.15) is 11.6 Å². The van der Waals surface area contributed by atoms with Crippen LogP contribution in [0.4, 0.5) is 15.8 Å². The lowest BCUT2D eigenvalue weighted by atomic mass is 9.83. The number of hydrogen-bond donors (Lipinski definition) is 1. The number of ether oxygens (including phenoxy) is 1. The van der Waals surface area contributed by atoms with Gasteiger partial charge in [-0.3, -0.25) is 4.79 Å². The molecule has 1 saturated heterocycles. The minimum atomic E-state index is -0.210. The smallest absolute Gasteiger partial charge is 0.225 e. The molecule has 2 fully saturated rings.